The highest BCUT2D eigenvalue weighted by molar-refractivity contribution is 5.93. The second-order valence-corrected chi connectivity index (χ2v) is 6.82. The fourth-order valence-corrected chi connectivity index (χ4v) is 3.38. The highest BCUT2D eigenvalue weighted by Gasteiger charge is 2.14. The SMILES string of the molecule is COc1ccc(-c2cc(C(=O)NCCc3nc4ccccc4n3C)[nH]n2)cc1OC. The molecule has 154 valence electrons. The quantitative estimate of drug-likeness (QED) is 0.493. The molecule has 0 fully saturated rings. The van der Waals surface area contributed by atoms with Gasteiger partial charge in [0.25, 0.3) is 5.91 Å². The number of aromatic nitrogens is 4. The lowest BCUT2D eigenvalue weighted by atomic mass is 10.1. The maximum absolute atomic E-state index is 12.5. The molecule has 0 atom stereocenters. The average molecular weight is 405 g/mol. The molecular formula is C22H23N5O3. The molecule has 0 unspecified atom stereocenters. The first-order valence-electron chi connectivity index (χ1n) is 9.57. The predicted molar refractivity (Wildman–Crippen MR) is 114 cm³/mol. The number of methoxy groups -OCH3 is 2. The number of H-pyrrole nitrogens is 1. The summed E-state index contributed by atoms with van der Waals surface area (Å²) in [5.74, 6) is 1.95. The maximum Gasteiger partial charge on any atom is 0.269 e. The standard InChI is InChI=1S/C22H23N5O3/c1-27-18-7-5-4-6-15(18)24-21(27)10-11-23-22(28)17-13-16(25-26-17)14-8-9-19(29-2)20(12-14)30-3/h4-9,12-13H,10-11H2,1-3H3,(H,23,28)(H,25,26). The Hall–Kier alpha value is -3.81. The zero-order valence-electron chi connectivity index (χ0n) is 17.1. The fourth-order valence-electron chi connectivity index (χ4n) is 3.38. The molecule has 0 aliphatic carbocycles. The number of hydrogen-bond donors (Lipinski definition) is 2. The first-order chi connectivity index (χ1) is 14.6. The first-order valence-corrected chi connectivity index (χ1v) is 9.57. The van der Waals surface area contributed by atoms with E-state index in [0.717, 1.165) is 22.4 Å². The van der Waals surface area contributed by atoms with E-state index in [0.29, 0.717) is 35.9 Å². The van der Waals surface area contributed by atoms with E-state index in [1.54, 1.807) is 26.4 Å². The number of fused-ring (bicyclic) bond motifs is 1. The Kier molecular flexibility index (Phi) is 5.38. The lowest BCUT2D eigenvalue weighted by molar-refractivity contribution is 0.0949. The Morgan fingerprint density at radius 1 is 1.10 bits per heavy atom. The van der Waals surface area contributed by atoms with Crippen molar-refractivity contribution in [3.8, 4) is 22.8 Å². The Labute approximate surface area is 173 Å². The number of nitrogens with one attached hydrogen (secondary N) is 2. The smallest absolute Gasteiger partial charge is 0.269 e. The Balaban J connectivity index is 1.41. The van der Waals surface area contributed by atoms with Gasteiger partial charge in [0.15, 0.2) is 11.5 Å². The van der Waals surface area contributed by atoms with Crippen LogP contribution in [-0.2, 0) is 13.5 Å². The van der Waals surface area contributed by atoms with Crippen LogP contribution in [0, 0.1) is 0 Å². The summed E-state index contributed by atoms with van der Waals surface area (Å²) in [6.07, 6.45) is 0.633. The van der Waals surface area contributed by atoms with Crippen LogP contribution in [0.5, 0.6) is 11.5 Å². The largest absolute Gasteiger partial charge is 0.493 e. The van der Waals surface area contributed by atoms with Gasteiger partial charge < -0.3 is 19.4 Å². The topological polar surface area (TPSA) is 94.1 Å². The van der Waals surface area contributed by atoms with E-state index < -0.39 is 0 Å². The first kappa shape index (κ1) is 19.5. The van der Waals surface area contributed by atoms with E-state index in [9.17, 15) is 4.79 Å². The Morgan fingerprint density at radius 3 is 2.67 bits per heavy atom. The molecule has 1 amide bonds. The van der Waals surface area contributed by atoms with Gasteiger partial charge in [-0.1, -0.05) is 12.1 Å². The van der Waals surface area contributed by atoms with Crippen molar-refractivity contribution in [2.75, 3.05) is 20.8 Å². The third-order valence-electron chi connectivity index (χ3n) is 5.02. The number of para-hydroxylation sites is 2. The van der Waals surface area contributed by atoms with E-state index in [1.165, 1.54) is 0 Å². The van der Waals surface area contributed by atoms with Crippen LogP contribution < -0.4 is 14.8 Å². The van der Waals surface area contributed by atoms with Crippen LogP contribution in [0.25, 0.3) is 22.3 Å². The van der Waals surface area contributed by atoms with Crippen LogP contribution in [0.15, 0.2) is 48.5 Å². The summed E-state index contributed by atoms with van der Waals surface area (Å²) in [5.41, 5.74) is 3.89. The van der Waals surface area contributed by atoms with Gasteiger partial charge in [0.1, 0.15) is 11.5 Å². The number of aromatic amines is 1. The van der Waals surface area contributed by atoms with Gasteiger partial charge in [-0.3, -0.25) is 9.89 Å². The molecule has 4 rings (SSSR count). The zero-order chi connectivity index (χ0) is 21.1. The van der Waals surface area contributed by atoms with Gasteiger partial charge >= 0.3 is 0 Å². The molecule has 2 aromatic heterocycles. The number of aryl methyl sites for hydroxylation is 1. The van der Waals surface area contributed by atoms with E-state index in [2.05, 4.69) is 20.5 Å². The van der Waals surface area contributed by atoms with Gasteiger partial charge in [0.2, 0.25) is 0 Å². The molecule has 2 aromatic carbocycles. The molecule has 4 aromatic rings. The number of benzene rings is 2. The van der Waals surface area contributed by atoms with Gasteiger partial charge in [-0.15, -0.1) is 0 Å². The third-order valence-corrected chi connectivity index (χ3v) is 5.02. The average Bonchev–Trinajstić information content (AvgIpc) is 3.39. The Morgan fingerprint density at radius 2 is 1.90 bits per heavy atom. The van der Waals surface area contributed by atoms with Crippen molar-refractivity contribution in [2.45, 2.75) is 6.42 Å². The molecule has 8 nitrogen and oxygen atoms in total. The number of hydrogen-bond acceptors (Lipinski definition) is 5. The number of amides is 1. The minimum atomic E-state index is -0.215. The van der Waals surface area contributed by atoms with Crippen molar-refractivity contribution in [1.29, 1.82) is 0 Å². The molecule has 8 heteroatoms. The summed E-state index contributed by atoms with van der Waals surface area (Å²) >= 11 is 0. The monoisotopic (exact) mass is 405 g/mol. The number of carbonyl (C=O) groups is 1. The zero-order valence-corrected chi connectivity index (χ0v) is 17.1. The van der Waals surface area contributed by atoms with Crippen molar-refractivity contribution in [3.05, 3.63) is 60.0 Å². The summed E-state index contributed by atoms with van der Waals surface area (Å²) in [7, 11) is 5.15. The van der Waals surface area contributed by atoms with Crippen LogP contribution in [0.3, 0.4) is 0 Å². The third kappa shape index (κ3) is 3.71. The lowest BCUT2D eigenvalue weighted by Crippen LogP contribution is -2.26. The maximum atomic E-state index is 12.5. The summed E-state index contributed by atoms with van der Waals surface area (Å²) in [5, 5.41) is 9.96. The number of imidazole rings is 1. The molecule has 0 saturated heterocycles. The van der Waals surface area contributed by atoms with Crippen LogP contribution in [0.2, 0.25) is 0 Å². The van der Waals surface area contributed by atoms with Crippen LogP contribution in [-0.4, -0.2) is 46.4 Å². The van der Waals surface area contributed by atoms with Crippen molar-refractivity contribution in [1.82, 2.24) is 25.1 Å². The normalized spacial score (nSPS) is 10.9. The molecule has 0 radical (unpaired) electrons. The summed E-state index contributed by atoms with van der Waals surface area (Å²) in [6, 6.07) is 15.2. The van der Waals surface area contributed by atoms with E-state index in [-0.39, 0.29) is 5.91 Å². The molecule has 2 N–H and O–H groups in total. The molecule has 0 aliphatic heterocycles. The van der Waals surface area contributed by atoms with Crippen LogP contribution >= 0.6 is 0 Å². The summed E-state index contributed by atoms with van der Waals surface area (Å²) in [4.78, 5) is 17.1. The number of rotatable bonds is 7. The van der Waals surface area contributed by atoms with Gasteiger partial charge in [-0.25, -0.2) is 4.98 Å². The highest BCUT2D eigenvalue weighted by Crippen LogP contribution is 2.31. The number of ether oxygens (including phenoxy) is 2. The van der Waals surface area contributed by atoms with Crippen molar-refractivity contribution in [2.24, 2.45) is 7.05 Å². The second kappa shape index (κ2) is 8.28. The van der Waals surface area contributed by atoms with Gasteiger partial charge in [-0.2, -0.15) is 5.10 Å². The molecule has 0 bridgehead atoms. The van der Waals surface area contributed by atoms with Crippen LogP contribution in [0.1, 0.15) is 16.3 Å². The summed E-state index contributed by atoms with van der Waals surface area (Å²) in [6.45, 7) is 0.473. The van der Waals surface area contributed by atoms with E-state index in [1.807, 2.05) is 48.0 Å². The van der Waals surface area contributed by atoms with Crippen LogP contribution in [0.4, 0.5) is 0 Å². The highest BCUT2D eigenvalue weighted by atomic mass is 16.5. The lowest BCUT2D eigenvalue weighted by Gasteiger charge is -2.08. The molecular weight excluding hydrogens is 382 g/mol. The minimum absolute atomic E-state index is 0.215. The number of nitrogens with zero attached hydrogens (tertiary/aromatic N) is 3. The van der Waals surface area contributed by atoms with E-state index in [4.69, 9.17) is 9.47 Å². The minimum Gasteiger partial charge on any atom is -0.493 e. The van der Waals surface area contributed by atoms with Crippen molar-refractivity contribution >= 4 is 16.9 Å². The fraction of sp³-hybridized carbons (Fsp3) is 0.227. The van der Waals surface area contributed by atoms with Gasteiger partial charge in [0.05, 0.1) is 30.9 Å². The van der Waals surface area contributed by atoms with Gasteiger partial charge in [-0.05, 0) is 36.4 Å². The molecule has 30 heavy (non-hydrogen) atoms. The Bertz CT molecular complexity index is 1190. The predicted octanol–water partition coefficient (Wildman–Crippen LogP) is 2.95. The van der Waals surface area contributed by atoms with Gasteiger partial charge in [0, 0.05) is 25.6 Å². The molecule has 0 spiro atoms. The van der Waals surface area contributed by atoms with Crippen molar-refractivity contribution < 1.29 is 14.3 Å². The summed E-state index contributed by atoms with van der Waals surface area (Å²) < 4.78 is 12.6. The second-order valence-electron chi connectivity index (χ2n) is 6.82. The van der Waals surface area contributed by atoms with Crippen molar-refractivity contribution in [3.63, 3.8) is 0 Å². The molecule has 2 heterocycles. The molecule has 0 saturated carbocycles. The van der Waals surface area contributed by atoms with E-state index >= 15 is 0 Å². The number of carbonyl (C=O) groups excluding carboxylic acids is 1. The molecule has 0 aliphatic rings.